The van der Waals surface area contributed by atoms with E-state index in [1.165, 1.54) is 0 Å². The van der Waals surface area contributed by atoms with Gasteiger partial charge in [0.1, 0.15) is 0 Å². The monoisotopic (exact) mass is 409 g/mol. The van der Waals surface area contributed by atoms with Crippen molar-refractivity contribution in [2.45, 2.75) is 6.42 Å². The van der Waals surface area contributed by atoms with Crippen molar-refractivity contribution in [1.29, 1.82) is 5.26 Å². The van der Waals surface area contributed by atoms with E-state index in [2.05, 4.69) is 5.32 Å². The van der Waals surface area contributed by atoms with Crippen molar-refractivity contribution in [3.05, 3.63) is 95.6 Å². The summed E-state index contributed by atoms with van der Waals surface area (Å²) in [4.78, 5) is 39.4. The van der Waals surface area contributed by atoms with Crippen LogP contribution in [0.4, 0.5) is 11.4 Å². The number of nitriles is 1. The number of benzene rings is 3. The second-order valence-corrected chi connectivity index (χ2v) is 7.33. The summed E-state index contributed by atoms with van der Waals surface area (Å²) in [5.41, 5.74) is 2.73. The number of nitrogens with zero attached hydrogens (tertiary/aromatic N) is 2. The molecule has 0 aliphatic carbocycles. The molecule has 3 aromatic rings. The molecular formula is C25H19N3O3. The topological polar surface area (TPSA) is 90.3 Å². The Hall–Kier alpha value is -4.24. The minimum absolute atomic E-state index is 0.106. The van der Waals surface area contributed by atoms with E-state index >= 15 is 0 Å². The van der Waals surface area contributed by atoms with Crippen molar-refractivity contribution in [3.8, 4) is 6.07 Å². The van der Waals surface area contributed by atoms with Crippen molar-refractivity contribution >= 4 is 29.0 Å². The molecule has 0 spiro atoms. The van der Waals surface area contributed by atoms with Crippen molar-refractivity contribution in [2.24, 2.45) is 5.92 Å². The Morgan fingerprint density at radius 3 is 2.35 bits per heavy atom. The molecule has 0 radical (unpaired) electrons. The van der Waals surface area contributed by atoms with Crippen LogP contribution in [0.5, 0.6) is 0 Å². The molecule has 0 saturated carbocycles. The number of hydrogen-bond acceptors (Lipinski definition) is 4. The van der Waals surface area contributed by atoms with Gasteiger partial charge in [0.15, 0.2) is 5.78 Å². The maximum atomic E-state index is 12.8. The fourth-order valence-electron chi connectivity index (χ4n) is 3.59. The summed E-state index contributed by atoms with van der Waals surface area (Å²) in [7, 11) is 0. The number of amides is 2. The maximum Gasteiger partial charge on any atom is 0.229 e. The average molecular weight is 409 g/mol. The van der Waals surface area contributed by atoms with Crippen LogP contribution in [-0.2, 0) is 9.59 Å². The summed E-state index contributed by atoms with van der Waals surface area (Å²) >= 11 is 0. The molecule has 1 aliphatic rings. The Labute approximate surface area is 179 Å². The molecule has 152 valence electrons. The predicted octanol–water partition coefficient (Wildman–Crippen LogP) is 3.78. The van der Waals surface area contributed by atoms with Gasteiger partial charge in [0.25, 0.3) is 0 Å². The molecule has 0 aromatic heterocycles. The van der Waals surface area contributed by atoms with Gasteiger partial charge in [0.05, 0.1) is 17.6 Å². The number of anilines is 2. The van der Waals surface area contributed by atoms with Gasteiger partial charge < -0.3 is 10.2 Å². The lowest BCUT2D eigenvalue weighted by atomic mass is 10.0. The lowest BCUT2D eigenvalue weighted by Crippen LogP contribution is -2.28. The summed E-state index contributed by atoms with van der Waals surface area (Å²) in [6.07, 6.45) is 0.106. The Morgan fingerprint density at radius 2 is 1.65 bits per heavy atom. The van der Waals surface area contributed by atoms with Gasteiger partial charge in [0.2, 0.25) is 11.8 Å². The zero-order valence-electron chi connectivity index (χ0n) is 16.6. The first kappa shape index (κ1) is 20.0. The highest BCUT2D eigenvalue weighted by atomic mass is 16.2. The number of ketones is 1. The first-order valence-electron chi connectivity index (χ1n) is 9.86. The zero-order valence-corrected chi connectivity index (χ0v) is 16.6. The summed E-state index contributed by atoms with van der Waals surface area (Å²) in [5.74, 6) is -1.04. The molecule has 1 saturated heterocycles. The molecule has 2 amide bonds. The van der Waals surface area contributed by atoms with Gasteiger partial charge in [-0.05, 0) is 36.4 Å². The third-order valence-electron chi connectivity index (χ3n) is 5.23. The standard InChI is InChI=1S/C25H19N3O3/c26-15-17-9-11-22(12-10-17)28-16-20(14-23(28)29)25(31)27-21-8-4-7-19(13-21)24(30)18-5-2-1-3-6-18/h1-13,20H,14,16H2,(H,27,31). The van der Waals surface area contributed by atoms with Gasteiger partial charge in [0, 0.05) is 35.5 Å². The van der Waals surface area contributed by atoms with Crippen LogP contribution in [0.15, 0.2) is 78.9 Å². The molecule has 1 heterocycles. The highest BCUT2D eigenvalue weighted by Gasteiger charge is 2.35. The molecule has 1 unspecified atom stereocenters. The largest absolute Gasteiger partial charge is 0.326 e. The zero-order chi connectivity index (χ0) is 21.8. The molecule has 1 atom stereocenters. The van der Waals surface area contributed by atoms with E-state index in [-0.39, 0.29) is 30.6 Å². The molecule has 3 aromatic carbocycles. The summed E-state index contributed by atoms with van der Waals surface area (Å²) in [6.45, 7) is 0.263. The van der Waals surface area contributed by atoms with E-state index < -0.39 is 5.92 Å². The van der Waals surface area contributed by atoms with Crippen LogP contribution in [-0.4, -0.2) is 24.1 Å². The third kappa shape index (κ3) is 4.36. The van der Waals surface area contributed by atoms with E-state index in [9.17, 15) is 14.4 Å². The molecule has 0 bridgehead atoms. The fraction of sp³-hybridized carbons (Fsp3) is 0.120. The molecule has 31 heavy (non-hydrogen) atoms. The van der Waals surface area contributed by atoms with Gasteiger partial charge in [-0.1, -0.05) is 42.5 Å². The van der Waals surface area contributed by atoms with Crippen molar-refractivity contribution in [3.63, 3.8) is 0 Å². The summed E-state index contributed by atoms with van der Waals surface area (Å²) in [6, 6.07) is 24.5. The highest BCUT2D eigenvalue weighted by Crippen LogP contribution is 2.26. The molecular weight excluding hydrogens is 390 g/mol. The first-order valence-corrected chi connectivity index (χ1v) is 9.86. The lowest BCUT2D eigenvalue weighted by molar-refractivity contribution is -0.122. The van der Waals surface area contributed by atoms with E-state index in [1.807, 2.05) is 12.1 Å². The van der Waals surface area contributed by atoms with E-state index in [1.54, 1.807) is 77.7 Å². The van der Waals surface area contributed by atoms with Gasteiger partial charge in [-0.15, -0.1) is 0 Å². The van der Waals surface area contributed by atoms with Gasteiger partial charge in [-0.3, -0.25) is 14.4 Å². The normalized spacial score (nSPS) is 15.4. The van der Waals surface area contributed by atoms with E-state index in [0.29, 0.717) is 28.1 Å². The van der Waals surface area contributed by atoms with Crippen LogP contribution >= 0.6 is 0 Å². The number of nitrogens with one attached hydrogen (secondary N) is 1. The Balaban J connectivity index is 1.44. The third-order valence-corrected chi connectivity index (χ3v) is 5.23. The fourth-order valence-corrected chi connectivity index (χ4v) is 3.59. The first-order chi connectivity index (χ1) is 15.0. The average Bonchev–Trinajstić information content (AvgIpc) is 3.21. The Kier molecular flexibility index (Phi) is 5.59. The minimum Gasteiger partial charge on any atom is -0.326 e. The number of rotatable bonds is 5. The second-order valence-electron chi connectivity index (χ2n) is 7.33. The van der Waals surface area contributed by atoms with Crippen LogP contribution in [0.25, 0.3) is 0 Å². The maximum absolute atomic E-state index is 12.8. The molecule has 4 rings (SSSR count). The minimum atomic E-state index is -0.503. The quantitative estimate of drug-likeness (QED) is 0.650. The van der Waals surface area contributed by atoms with E-state index in [0.717, 1.165) is 0 Å². The molecule has 1 aliphatic heterocycles. The van der Waals surface area contributed by atoms with Crippen molar-refractivity contribution < 1.29 is 14.4 Å². The van der Waals surface area contributed by atoms with Crippen LogP contribution in [0.1, 0.15) is 27.9 Å². The van der Waals surface area contributed by atoms with Crippen LogP contribution < -0.4 is 10.2 Å². The Morgan fingerprint density at radius 1 is 0.935 bits per heavy atom. The van der Waals surface area contributed by atoms with Gasteiger partial charge >= 0.3 is 0 Å². The lowest BCUT2D eigenvalue weighted by Gasteiger charge is -2.17. The Bertz CT molecular complexity index is 1180. The van der Waals surface area contributed by atoms with Crippen molar-refractivity contribution in [1.82, 2.24) is 0 Å². The molecule has 6 nitrogen and oxygen atoms in total. The number of carbonyl (C=O) groups excluding carboxylic acids is 3. The smallest absolute Gasteiger partial charge is 0.229 e. The van der Waals surface area contributed by atoms with E-state index in [4.69, 9.17) is 5.26 Å². The molecule has 6 heteroatoms. The highest BCUT2D eigenvalue weighted by molar-refractivity contribution is 6.10. The molecule has 1 N–H and O–H groups in total. The SMILES string of the molecule is N#Cc1ccc(N2CC(C(=O)Nc3cccc(C(=O)c4ccccc4)c3)CC2=O)cc1. The summed E-state index contributed by atoms with van der Waals surface area (Å²) < 4.78 is 0. The van der Waals surface area contributed by atoms with Crippen LogP contribution in [0, 0.1) is 17.2 Å². The summed E-state index contributed by atoms with van der Waals surface area (Å²) in [5, 5.41) is 11.7. The number of hydrogen-bond donors (Lipinski definition) is 1. The van der Waals surface area contributed by atoms with Crippen LogP contribution in [0.3, 0.4) is 0 Å². The predicted molar refractivity (Wildman–Crippen MR) is 117 cm³/mol. The van der Waals surface area contributed by atoms with Crippen LogP contribution in [0.2, 0.25) is 0 Å². The van der Waals surface area contributed by atoms with Gasteiger partial charge in [-0.2, -0.15) is 5.26 Å². The second kappa shape index (κ2) is 8.64. The van der Waals surface area contributed by atoms with Crippen molar-refractivity contribution in [2.75, 3.05) is 16.8 Å². The number of carbonyl (C=O) groups is 3. The molecule has 1 fully saturated rings. The van der Waals surface area contributed by atoms with Gasteiger partial charge in [-0.25, -0.2) is 0 Å².